The van der Waals surface area contributed by atoms with Crippen molar-refractivity contribution in [2.24, 2.45) is 0 Å². The van der Waals surface area contributed by atoms with Gasteiger partial charge in [-0.2, -0.15) is 0 Å². The Morgan fingerprint density at radius 3 is 2.40 bits per heavy atom. The minimum Gasteiger partial charge on any atom is -0.485 e. The Kier molecular flexibility index (Phi) is 3.69. The molecule has 1 unspecified atom stereocenters. The van der Waals surface area contributed by atoms with Gasteiger partial charge in [0.05, 0.1) is 6.10 Å². The van der Waals surface area contributed by atoms with Crippen molar-refractivity contribution in [1.82, 2.24) is 0 Å². The molecule has 1 radical (unpaired) electrons. The van der Waals surface area contributed by atoms with Crippen molar-refractivity contribution in [2.45, 2.75) is 32.0 Å². The van der Waals surface area contributed by atoms with E-state index in [9.17, 15) is 9.50 Å². The topological polar surface area (TPSA) is 29.5 Å². The van der Waals surface area contributed by atoms with Crippen LogP contribution in [0.2, 0.25) is 0 Å². The van der Waals surface area contributed by atoms with Crippen molar-refractivity contribution in [2.75, 3.05) is 0 Å². The zero-order valence-electron chi connectivity index (χ0n) is 9.03. The molecule has 0 aliphatic rings. The molecular formula is C12H16FO2. The van der Waals surface area contributed by atoms with Crippen LogP contribution in [0.5, 0.6) is 5.75 Å². The van der Waals surface area contributed by atoms with E-state index in [4.69, 9.17) is 4.74 Å². The second-order valence-electron chi connectivity index (χ2n) is 3.96. The molecule has 1 aromatic rings. The Bertz CT molecular complexity index is 306. The maximum absolute atomic E-state index is 12.6. The number of benzene rings is 1. The van der Waals surface area contributed by atoms with Gasteiger partial charge in [0.25, 0.3) is 0 Å². The van der Waals surface area contributed by atoms with Crippen LogP contribution in [0.4, 0.5) is 4.39 Å². The van der Waals surface area contributed by atoms with Crippen LogP contribution in [0.1, 0.15) is 20.3 Å². The number of aliphatic hydroxyl groups is 1. The highest BCUT2D eigenvalue weighted by Gasteiger charge is 2.28. The SMILES string of the molecule is [CH2]CC(O)C(C)(C)Oc1ccc(F)cc1. The quantitative estimate of drug-likeness (QED) is 0.829. The minimum absolute atomic E-state index is 0.308. The molecule has 0 aliphatic heterocycles. The van der Waals surface area contributed by atoms with E-state index in [1.54, 1.807) is 13.8 Å². The summed E-state index contributed by atoms with van der Waals surface area (Å²) in [5.74, 6) is 0.228. The molecule has 1 aromatic carbocycles. The maximum atomic E-state index is 12.6. The Labute approximate surface area is 89.7 Å². The molecule has 1 N–H and O–H groups in total. The first-order valence-electron chi connectivity index (χ1n) is 4.87. The molecule has 83 valence electrons. The van der Waals surface area contributed by atoms with Gasteiger partial charge in [-0.25, -0.2) is 4.39 Å². The summed E-state index contributed by atoms with van der Waals surface area (Å²) >= 11 is 0. The standard InChI is InChI=1S/C12H16FO2/c1-4-11(14)12(2,3)15-10-7-5-9(13)6-8-10/h5-8,11,14H,1,4H2,2-3H3. The van der Waals surface area contributed by atoms with Gasteiger partial charge in [-0.1, -0.05) is 6.92 Å². The molecule has 2 nitrogen and oxygen atoms in total. The predicted octanol–water partition coefficient (Wildman–Crippen LogP) is 2.57. The smallest absolute Gasteiger partial charge is 0.129 e. The van der Waals surface area contributed by atoms with Crippen molar-refractivity contribution < 1.29 is 14.2 Å². The number of hydrogen-bond acceptors (Lipinski definition) is 2. The average Bonchev–Trinajstić information content (AvgIpc) is 2.20. The fourth-order valence-corrected chi connectivity index (χ4v) is 1.22. The highest BCUT2D eigenvalue weighted by molar-refractivity contribution is 5.23. The third kappa shape index (κ3) is 3.20. The van der Waals surface area contributed by atoms with Gasteiger partial charge in [0.15, 0.2) is 0 Å². The van der Waals surface area contributed by atoms with E-state index in [-0.39, 0.29) is 5.82 Å². The summed E-state index contributed by atoms with van der Waals surface area (Å²) < 4.78 is 18.2. The molecular weight excluding hydrogens is 195 g/mol. The molecule has 0 heterocycles. The summed E-state index contributed by atoms with van der Waals surface area (Å²) in [5.41, 5.74) is -0.723. The summed E-state index contributed by atoms with van der Waals surface area (Å²) in [5, 5.41) is 9.64. The van der Waals surface area contributed by atoms with E-state index < -0.39 is 11.7 Å². The Balaban J connectivity index is 2.72. The summed E-state index contributed by atoms with van der Waals surface area (Å²) in [6.45, 7) is 7.16. The normalized spacial score (nSPS) is 13.7. The van der Waals surface area contributed by atoms with Crippen LogP contribution < -0.4 is 4.74 Å². The van der Waals surface area contributed by atoms with E-state index in [2.05, 4.69) is 6.92 Å². The van der Waals surface area contributed by atoms with Crippen molar-refractivity contribution >= 4 is 0 Å². The zero-order chi connectivity index (χ0) is 11.5. The minimum atomic E-state index is -0.723. The molecule has 15 heavy (non-hydrogen) atoms. The lowest BCUT2D eigenvalue weighted by Crippen LogP contribution is -2.41. The zero-order valence-corrected chi connectivity index (χ0v) is 9.03. The van der Waals surface area contributed by atoms with Crippen LogP contribution >= 0.6 is 0 Å². The highest BCUT2D eigenvalue weighted by Crippen LogP contribution is 2.22. The molecule has 0 spiro atoms. The van der Waals surface area contributed by atoms with Gasteiger partial charge in [-0.3, -0.25) is 0 Å². The predicted molar refractivity (Wildman–Crippen MR) is 57.1 cm³/mol. The molecule has 0 amide bonds. The van der Waals surface area contributed by atoms with Crippen LogP contribution in [0.25, 0.3) is 0 Å². The van der Waals surface area contributed by atoms with E-state index in [0.29, 0.717) is 12.2 Å². The molecule has 1 rings (SSSR count). The summed E-state index contributed by atoms with van der Waals surface area (Å²) in [7, 11) is 0. The monoisotopic (exact) mass is 211 g/mol. The number of aliphatic hydroxyl groups excluding tert-OH is 1. The van der Waals surface area contributed by atoms with Crippen LogP contribution in [-0.4, -0.2) is 16.8 Å². The lowest BCUT2D eigenvalue weighted by molar-refractivity contribution is -0.0266. The van der Waals surface area contributed by atoms with Gasteiger partial charge in [-0.15, -0.1) is 0 Å². The van der Waals surface area contributed by atoms with E-state index >= 15 is 0 Å². The molecule has 0 aliphatic carbocycles. The van der Waals surface area contributed by atoms with E-state index in [1.165, 1.54) is 24.3 Å². The fraction of sp³-hybridized carbons (Fsp3) is 0.417. The van der Waals surface area contributed by atoms with Gasteiger partial charge in [-0.05, 0) is 44.5 Å². The second-order valence-corrected chi connectivity index (χ2v) is 3.96. The Morgan fingerprint density at radius 1 is 1.40 bits per heavy atom. The molecule has 0 bridgehead atoms. The lowest BCUT2D eigenvalue weighted by Gasteiger charge is -2.30. The molecule has 0 saturated carbocycles. The third-order valence-electron chi connectivity index (χ3n) is 2.27. The largest absolute Gasteiger partial charge is 0.485 e. The van der Waals surface area contributed by atoms with Crippen molar-refractivity contribution in [3.8, 4) is 5.75 Å². The van der Waals surface area contributed by atoms with Gasteiger partial charge in [0, 0.05) is 0 Å². The number of hydrogen-bond donors (Lipinski definition) is 1. The Hall–Kier alpha value is -1.09. The van der Waals surface area contributed by atoms with Gasteiger partial charge < -0.3 is 9.84 Å². The summed E-state index contributed by atoms with van der Waals surface area (Å²) in [6.07, 6.45) is -0.281. The molecule has 1 atom stereocenters. The van der Waals surface area contributed by atoms with Crippen molar-refractivity contribution in [3.05, 3.63) is 37.0 Å². The first-order valence-corrected chi connectivity index (χ1v) is 4.87. The number of rotatable bonds is 4. The van der Waals surface area contributed by atoms with Crippen LogP contribution in [-0.2, 0) is 0 Å². The van der Waals surface area contributed by atoms with Gasteiger partial charge in [0.2, 0.25) is 0 Å². The second kappa shape index (κ2) is 4.62. The molecule has 3 heteroatoms. The Morgan fingerprint density at radius 2 is 1.93 bits per heavy atom. The lowest BCUT2D eigenvalue weighted by atomic mass is 9.99. The summed E-state index contributed by atoms with van der Waals surface area (Å²) in [6, 6.07) is 5.71. The molecule has 0 fully saturated rings. The van der Waals surface area contributed by atoms with E-state index in [1.807, 2.05) is 0 Å². The molecule has 0 saturated heterocycles. The fourth-order valence-electron chi connectivity index (χ4n) is 1.22. The van der Waals surface area contributed by atoms with Gasteiger partial charge in [0.1, 0.15) is 17.2 Å². The maximum Gasteiger partial charge on any atom is 0.129 e. The van der Waals surface area contributed by atoms with Crippen molar-refractivity contribution in [1.29, 1.82) is 0 Å². The summed E-state index contributed by atoms with van der Waals surface area (Å²) in [4.78, 5) is 0. The average molecular weight is 211 g/mol. The van der Waals surface area contributed by atoms with E-state index in [0.717, 1.165) is 0 Å². The van der Waals surface area contributed by atoms with Crippen LogP contribution in [0.3, 0.4) is 0 Å². The highest BCUT2D eigenvalue weighted by atomic mass is 19.1. The van der Waals surface area contributed by atoms with Crippen molar-refractivity contribution in [3.63, 3.8) is 0 Å². The first-order chi connectivity index (χ1) is 6.95. The van der Waals surface area contributed by atoms with Crippen LogP contribution in [0, 0.1) is 12.7 Å². The third-order valence-corrected chi connectivity index (χ3v) is 2.27. The molecule has 0 aromatic heterocycles. The number of ether oxygens (including phenoxy) is 1. The number of halogens is 1. The van der Waals surface area contributed by atoms with Crippen LogP contribution in [0.15, 0.2) is 24.3 Å². The van der Waals surface area contributed by atoms with Gasteiger partial charge >= 0.3 is 0 Å². The first kappa shape index (κ1) is 12.0.